The van der Waals surface area contributed by atoms with Gasteiger partial charge in [0.15, 0.2) is 10.7 Å². The topological polar surface area (TPSA) is 76.4 Å². The van der Waals surface area contributed by atoms with E-state index in [1.54, 1.807) is 6.07 Å². The van der Waals surface area contributed by atoms with Crippen molar-refractivity contribution in [1.29, 1.82) is 0 Å². The standard InChI is InChI=1S/C10H12N4O2S/c15-17(16,7-12-8-1-2-8)10-4-5-11-9-3-6-13-14(9)10/h3-6,8,12H,1-2,7H2. The number of nitrogens with zero attached hydrogens (tertiary/aromatic N) is 3. The molecule has 0 amide bonds. The van der Waals surface area contributed by atoms with Gasteiger partial charge in [0.25, 0.3) is 0 Å². The summed E-state index contributed by atoms with van der Waals surface area (Å²) < 4.78 is 25.6. The van der Waals surface area contributed by atoms with Crippen LogP contribution in [0, 0.1) is 0 Å². The molecule has 2 aromatic rings. The Hall–Kier alpha value is -1.47. The number of fused-ring (bicyclic) bond motifs is 1. The smallest absolute Gasteiger partial charge is 0.208 e. The van der Waals surface area contributed by atoms with Gasteiger partial charge in [-0.25, -0.2) is 17.9 Å². The Balaban J connectivity index is 1.98. The quantitative estimate of drug-likeness (QED) is 0.787. The molecular formula is C10H12N4O2S. The number of nitrogens with one attached hydrogen (secondary N) is 1. The summed E-state index contributed by atoms with van der Waals surface area (Å²) in [5, 5.41) is 7.16. The van der Waals surface area contributed by atoms with Gasteiger partial charge in [0.2, 0.25) is 9.84 Å². The molecule has 1 aliphatic carbocycles. The molecule has 1 N–H and O–H groups in total. The largest absolute Gasteiger partial charge is 0.301 e. The normalized spacial score (nSPS) is 16.5. The van der Waals surface area contributed by atoms with Gasteiger partial charge in [-0.05, 0) is 18.9 Å². The molecule has 90 valence electrons. The predicted molar refractivity (Wildman–Crippen MR) is 61.2 cm³/mol. The third kappa shape index (κ3) is 2.03. The zero-order valence-electron chi connectivity index (χ0n) is 9.07. The van der Waals surface area contributed by atoms with Crippen LogP contribution < -0.4 is 5.32 Å². The average Bonchev–Trinajstić information content (AvgIpc) is 3.02. The summed E-state index contributed by atoms with van der Waals surface area (Å²) in [7, 11) is -3.36. The molecule has 1 fully saturated rings. The molecule has 0 unspecified atom stereocenters. The molecule has 0 spiro atoms. The van der Waals surface area contributed by atoms with Crippen LogP contribution in [0.15, 0.2) is 29.6 Å². The first kappa shape index (κ1) is 10.7. The number of hydrogen-bond acceptors (Lipinski definition) is 5. The van der Waals surface area contributed by atoms with Gasteiger partial charge < -0.3 is 5.32 Å². The number of hydrogen-bond donors (Lipinski definition) is 1. The molecular weight excluding hydrogens is 240 g/mol. The summed E-state index contributed by atoms with van der Waals surface area (Å²) in [6.07, 6.45) is 5.14. The van der Waals surface area contributed by atoms with E-state index in [1.165, 1.54) is 23.0 Å². The maximum absolute atomic E-state index is 12.1. The number of aromatic nitrogens is 3. The molecule has 2 heterocycles. The van der Waals surface area contributed by atoms with Gasteiger partial charge in [0.1, 0.15) is 5.88 Å². The first-order chi connectivity index (χ1) is 8.17. The van der Waals surface area contributed by atoms with Crippen molar-refractivity contribution in [3.8, 4) is 0 Å². The summed E-state index contributed by atoms with van der Waals surface area (Å²) in [5.74, 6) is -0.0450. The van der Waals surface area contributed by atoms with Crippen LogP contribution in [0.4, 0.5) is 0 Å². The lowest BCUT2D eigenvalue weighted by Gasteiger charge is -2.06. The van der Waals surface area contributed by atoms with Crippen molar-refractivity contribution in [1.82, 2.24) is 19.9 Å². The van der Waals surface area contributed by atoms with Crippen molar-refractivity contribution in [3.63, 3.8) is 0 Å². The summed E-state index contributed by atoms with van der Waals surface area (Å²) >= 11 is 0. The van der Waals surface area contributed by atoms with Crippen LogP contribution in [-0.4, -0.2) is 34.9 Å². The molecule has 0 aliphatic heterocycles. The van der Waals surface area contributed by atoms with Gasteiger partial charge in [0.05, 0.1) is 6.20 Å². The lowest BCUT2D eigenvalue weighted by molar-refractivity contribution is 0.577. The van der Waals surface area contributed by atoms with Crippen molar-refractivity contribution in [2.24, 2.45) is 0 Å². The fourth-order valence-electron chi connectivity index (χ4n) is 1.64. The van der Waals surface area contributed by atoms with Crippen LogP contribution in [0.3, 0.4) is 0 Å². The average molecular weight is 252 g/mol. The highest BCUT2D eigenvalue weighted by Gasteiger charge is 2.25. The molecule has 6 nitrogen and oxygen atoms in total. The van der Waals surface area contributed by atoms with Crippen LogP contribution in [0.1, 0.15) is 12.8 Å². The lowest BCUT2D eigenvalue weighted by Crippen LogP contribution is -2.26. The van der Waals surface area contributed by atoms with E-state index in [-0.39, 0.29) is 10.9 Å². The van der Waals surface area contributed by atoms with Crippen LogP contribution in [-0.2, 0) is 9.84 Å². The van der Waals surface area contributed by atoms with Gasteiger partial charge >= 0.3 is 0 Å². The molecule has 7 heteroatoms. The second-order valence-corrected chi connectivity index (χ2v) is 6.06. The second-order valence-electron chi connectivity index (χ2n) is 4.12. The van der Waals surface area contributed by atoms with E-state index >= 15 is 0 Å². The summed E-state index contributed by atoms with van der Waals surface area (Å²) in [6.45, 7) is 0. The maximum Gasteiger partial charge on any atom is 0.208 e. The van der Waals surface area contributed by atoms with E-state index in [2.05, 4.69) is 15.4 Å². The predicted octanol–water partition coefficient (Wildman–Crippen LogP) is 0.212. The molecule has 1 aliphatic rings. The number of rotatable bonds is 4. The van der Waals surface area contributed by atoms with Gasteiger partial charge in [-0.1, -0.05) is 0 Å². The van der Waals surface area contributed by atoms with Crippen LogP contribution in [0.2, 0.25) is 0 Å². The minimum atomic E-state index is -3.36. The van der Waals surface area contributed by atoms with E-state index in [4.69, 9.17) is 0 Å². The Morgan fingerprint density at radius 1 is 1.35 bits per heavy atom. The molecule has 0 bridgehead atoms. The minimum absolute atomic E-state index is 0.0450. The molecule has 2 aromatic heterocycles. The second kappa shape index (κ2) is 3.78. The molecule has 0 atom stereocenters. The van der Waals surface area contributed by atoms with Crippen LogP contribution in [0.5, 0.6) is 0 Å². The first-order valence-corrected chi connectivity index (χ1v) is 7.07. The van der Waals surface area contributed by atoms with Gasteiger partial charge in [0, 0.05) is 18.3 Å². The lowest BCUT2D eigenvalue weighted by atomic mass is 10.6. The van der Waals surface area contributed by atoms with E-state index in [0.29, 0.717) is 11.7 Å². The Morgan fingerprint density at radius 2 is 2.18 bits per heavy atom. The van der Waals surface area contributed by atoms with Crippen molar-refractivity contribution < 1.29 is 8.42 Å². The van der Waals surface area contributed by atoms with Gasteiger partial charge in [-0.3, -0.25) is 0 Å². The fraction of sp³-hybridized carbons (Fsp3) is 0.400. The maximum atomic E-state index is 12.1. The summed E-state index contributed by atoms with van der Waals surface area (Å²) in [5.41, 5.74) is 0.539. The Bertz CT molecular complexity index is 645. The molecule has 0 saturated heterocycles. The van der Waals surface area contributed by atoms with Crippen molar-refractivity contribution in [2.45, 2.75) is 23.9 Å². The van der Waals surface area contributed by atoms with Crippen molar-refractivity contribution >= 4 is 15.5 Å². The molecule has 17 heavy (non-hydrogen) atoms. The SMILES string of the molecule is O=S(=O)(CNC1CC1)c1ccnc2ccnn12. The molecule has 1 saturated carbocycles. The van der Waals surface area contributed by atoms with E-state index in [1.807, 2.05) is 0 Å². The zero-order chi connectivity index (χ0) is 11.9. The minimum Gasteiger partial charge on any atom is -0.301 e. The monoisotopic (exact) mass is 252 g/mol. The van der Waals surface area contributed by atoms with Crippen LogP contribution >= 0.6 is 0 Å². The van der Waals surface area contributed by atoms with E-state index in [0.717, 1.165) is 12.8 Å². The van der Waals surface area contributed by atoms with Crippen molar-refractivity contribution in [3.05, 3.63) is 24.5 Å². The highest BCUT2D eigenvalue weighted by atomic mass is 32.2. The summed E-state index contributed by atoms with van der Waals surface area (Å²) in [4.78, 5) is 4.04. The Labute approximate surface area is 98.6 Å². The first-order valence-electron chi connectivity index (χ1n) is 5.42. The molecule has 0 radical (unpaired) electrons. The fourth-order valence-corrected chi connectivity index (χ4v) is 2.91. The number of sulfone groups is 1. The Morgan fingerprint density at radius 3 is 2.94 bits per heavy atom. The molecule has 0 aromatic carbocycles. The third-order valence-electron chi connectivity index (χ3n) is 2.71. The third-order valence-corrected chi connectivity index (χ3v) is 4.21. The summed E-state index contributed by atoms with van der Waals surface area (Å²) in [6, 6.07) is 3.51. The molecule has 3 rings (SSSR count). The van der Waals surface area contributed by atoms with Gasteiger partial charge in [-0.2, -0.15) is 5.10 Å². The highest BCUT2D eigenvalue weighted by molar-refractivity contribution is 7.91. The van der Waals surface area contributed by atoms with Crippen molar-refractivity contribution in [2.75, 3.05) is 5.88 Å². The van der Waals surface area contributed by atoms with E-state index < -0.39 is 9.84 Å². The van der Waals surface area contributed by atoms with E-state index in [9.17, 15) is 8.42 Å². The van der Waals surface area contributed by atoms with Crippen LogP contribution in [0.25, 0.3) is 5.65 Å². The Kier molecular flexibility index (Phi) is 2.37. The zero-order valence-corrected chi connectivity index (χ0v) is 9.89. The highest BCUT2D eigenvalue weighted by Crippen LogP contribution is 2.19. The van der Waals surface area contributed by atoms with Gasteiger partial charge in [-0.15, -0.1) is 0 Å².